The van der Waals surface area contributed by atoms with Crippen molar-refractivity contribution in [3.63, 3.8) is 0 Å². The van der Waals surface area contributed by atoms with Gasteiger partial charge in [0.15, 0.2) is 5.13 Å². The molecule has 2 aromatic carbocycles. The molecule has 0 bridgehead atoms. The maximum Gasteiger partial charge on any atom is 0.335 e. The number of rotatable bonds is 5. The molecule has 1 aromatic heterocycles. The molecule has 0 amide bonds. The zero-order valence-corrected chi connectivity index (χ0v) is 16.2. The fraction of sp³-hybridized carbons (Fsp3) is 0.300. The average Bonchev–Trinajstić information content (AvgIpc) is 3.10. The van der Waals surface area contributed by atoms with Gasteiger partial charge in [-0.2, -0.15) is 0 Å². The highest BCUT2D eigenvalue weighted by Crippen LogP contribution is 2.33. The van der Waals surface area contributed by atoms with Gasteiger partial charge in [0, 0.05) is 18.1 Å². The predicted molar refractivity (Wildman–Crippen MR) is 108 cm³/mol. The topological polar surface area (TPSA) is 62.7 Å². The summed E-state index contributed by atoms with van der Waals surface area (Å²) in [5, 5.41) is 10.8. The Morgan fingerprint density at radius 1 is 1.26 bits per heavy atom. The lowest BCUT2D eigenvalue weighted by Crippen LogP contribution is -2.35. The number of ether oxygens (including phenoxy) is 1. The highest BCUT2D eigenvalue weighted by atomic mass is 35.5. The Bertz CT molecular complexity index is 967. The number of hydrogen-bond acceptors (Lipinski definition) is 5. The van der Waals surface area contributed by atoms with Crippen LogP contribution in [0.4, 0.5) is 5.13 Å². The molecule has 0 unspecified atom stereocenters. The molecule has 5 nitrogen and oxygen atoms in total. The van der Waals surface area contributed by atoms with Crippen molar-refractivity contribution in [3.05, 3.63) is 53.1 Å². The second kappa shape index (κ2) is 7.74. The normalized spacial score (nSPS) is 15.2. The third kappa shape index (κ3) is 4.17. The van der Waals surface area contributed by atoms with Crippen molar-refractivity contribution in [2.45, 2.75) is 12.8 Å². The van der Waals surface area contributed by atoms with E-state index in [-0.39, 0.29) is 5.56 Å². The van der Waals surface area contributed by atoms with E-state index in [2.05, 4.69) is 4.90 Å². The molecule has 0 atom stereocenters. The Morgan fingerprint density at radius 2 is 2.07 bits per heavy atom. The molecule has 4 rings (SSSR count). The van der Waals surface area contributed by atoms with Gasteiger partial charge in [-0.05, 0) is 55.2 Å². The molecule has 1 aliphatic heterocycles. The Hall–Kier alpha value is -2.31. The number of hydrogen-bond donors (Lipinski definition) is 1. The number of anilines is 1. The first-order valence-corrected chi connectivity index (χ1v) is 10.0. The quantitative estimate of drug-likeness (QED) is 0.654. The van der Waals surface area contributed by atoms with Crippen LogP contribution in [0.3, 0.4) is 0 Å². The number of aromatic carboxylic acids is 1. The van der Waals surface area contributed by atoms with E-state index in [0.717, 1.165) is 46.3 Å². The fourth-order valence-electron chi connectivity index (χ4n) is 3.25. The minimum absolute atomic E-state index is 0.248. The van der Waals surface area contributed by atoms with Crippen LogP contribution in [-0.2, 0) is 0 Å². The molecule has 7 heteroatoms. The largest absolute Gasteiger partial charge is 0.493 e. The third-order valence-electron chi connectivity index (χ3n) is 4.79. The smallest absolute Gasteiger partial charge is 0.335 e. The Morgan fingerprint density at radius 3 is 2.85 bits per heavy atom. The van der Waals surface area contributed by atoms with E-state index in [1.165, 1.54) is 0 Å². The van der Waals surface area contributed by atoms with Crippen molar-refractivity contribution < 1.29 is 14.6 Å². The number of nitrogens with zero attached hydrogens (tertiary/aromatic N) is 2. The van der Waals surface area contributed by atoms with Crippen LogP contribution < -0.4 is 9.64 Å². The van der Waals surface area contributed by atoms with Crippen molar-refractivity contribution >= 4 is 44.3 Å². The highest BCUT2D eigenvalue weighted by molar-refractivity contribution is 7.22. The molecule has 0 spiro atoms. The van der Waals surface area contributed by atoms with Crippen LogP contribution in [0.2, 0.25) is 5.02 Å². The van der Waals surface area contributed by atoms with Crippen LogP contribution in [0.15, 0.2) is 42.5 Å². The van der Waals surface area contributed by atoms with Crippen molar-refractivity contribution in [1.82, 2.24) is 4.98 Å². The Labute approximate surface area is 166 Å². The van der Waals surface area contributed by atoms with E-state index in [4.69, 9.17) is 26.4 Å². The van der Waals surface area contributed by atoms with Crippen molar-refractivity contribution in [2.24, 2.45) is 5.92 Å². The maximum atomic E-state index is 11.0. The van der Waals surface area contributed by atoms with Crippen LogP contribution >= 0.6 is 22.9 Å². The molecule has 0 aliphatic carbocycles. The molecule has 1 fully saturated rings. The molecule has 1 N–H and O–H groups in total. The monoisotopic (exact) mass is 402 g/mol. The number of halogens is 1. The first kappa shape index (κ1) is 18.1. The summed E-state index contributed by atoms with van der Waals surface area (Å²) in [4.78, 5) is 18.1. The first-order valence-electron chi connectivity index (χ1n) is 8.86. The zero-order chi connectivity index (χ0) is 18.8. The summed E-state index contributed by atoms with van der Waals surface area (Å²) in [5.41, 5.74) is 1.24. The van der Waals surface area contributed by atoms with Crippen molar-refractivity contribution in [1.29, 1.82) is 0 Å². The number of fused-ring (bicyclic) bond motifs is 1. The second-order valence-corrected chi connectivity index (χ2v) is 8.13. The molecule has 1 aliphatic rings. The van der Waals surface area contributed by atoms with E-state index >= 15 is 0 Å². The number of carbonyl (C=O) groups is 1. The van der Waals surface area contributed by atoms with Crippen LogP contribution in [-0.4, -0.2) is 35.8 Å². The summed E-state index contributed by atoms with van der Waals surface area (Å²) in [6.07, 6.45) is 2.05. The van der Waals surface area contributed by atoms with E-state index in [1.807, 2.05) is 18.2 Å². The minimum atomic E-state index is -0.939. The van der Waals surface area contributed by atoms with Crippen molar-refractivity contribution in [3.8, 4) is 5.75 Å². The van der Waals surface area contributed by atoms with Gasteiger partial charge in [-0.1, -0.05) is 29.0 Å². The summed E-state index contributed by atoms with van der Waals surface area (Å²) >= 11 is 7.74. The maximum absolute atomic E-state index is 11.0. The van der Waals surface area contributed by atoms with E-state index in [9.17, 15) is 4.79 Å². The summed E-state index contributed by atoms with van der Waals surface area (Å²) in [7, 11) is 0. The zero-order valence-electron chi connectivity index (χ0n) is 14.6. The molecule has 2 heterocycles. The lowest BCUT2D eigenvalue weighted by atomic mass is 9.98. The SMILES string of the molecule is O=C(O)c1cccc(OCC2CCN(c3nc4ccc(Cl)cc4s3)CC2)c1. The summed E-state index contributed by atoms with van der Waals surface area (Å²) < 4.78 is 6.94. The van der Waals surface area contributed by atoms with Crippen LogP contribution in [0.1, 0.15) is 23.2 Å². The van der Waals surface area contributed by atoms with Gasteiger partial charge in [-0.3, -0.25) is 0 Å². The summed E-state index contributed by atoms with van der Waals surface area (Å²) in [6.45, 7) is 2.49. The molecule has 3 aromatic rings. The summed E-state index contributed by atoms with van der Waals surface area (Å²) in [6, 6.07) is 12.4. The number of carboxylic acids is 1. The van der Waals surface area contributed by atoms with E-state index < -0.39 is 5.97 Å². The van der Waals surface area contributed by atoms with Crippen LogP contribution in [0, 0.1) is 5.92 Å². The number of aromatic nitrogens is 1. The predicted octanol–water partition coefficient (Wildman–Crippen LogP) is 4.94. The van der Waals surface area contributed by atoms with Crippen LogP contribution in [0.5, 0.6) is 5.75 Å². The van der Waals surface area contributed by atoms with Gasteiger partial charge in [0.25, 0.3) is 0 Å². The number of thiazole rings is 1. The lowest BCUT2D eigenvalue weighted by Gasteiger charge is -2.31. The van der Waals surface area contributed by atoms with Gasteiger partial charge < -0.3 is 14.7 Å². The number of benzene rings is 2. The van der Waals surface area contributed by atoms with Gasteiger partial charge in [-0.15, -0.1) is 0 Å². The Kier molecular flexibility index (Phi) is 5.18. The van der Waals surface area contributed by atoms with Gasteiger partial charge in [0.05, 0.1) is 22.4 Å². The molecule has 0 saturated carbocycles. The average molecular weight is 403 g/mol. The van der Waals surface area contributed by atoms with Gasteiger partial charge >= 0.3 is 5.97 Å². The third-order valence-corrected chi connectivity index (χ3v) is 6.10. The second-order valence-electron chi connectivity index (χ2n) is 6.68. The minimum Gasteiger partial charge on any atom is -0.493 e. The van der Waals surface area contributed by atoms with E-state index in [1.54, 1.807) is 35.6 Å². The molecule has 0 radical (unpaired) electrons. The molecular weight excluding hydrogens is 384 g/mol. The first-order chi connectivity index (χ1) is 13.1. The molecular formula is C20H19ClN2O3S. The fourth-order valence-corrected chi connectivity index (χ4v) is 4.54. The van der Waals surface area contributed by atoms with Gasteiger partial charge in [0.1, 0.15) is 5.75 Å². The van der Waals surface area contributed by atoms with Gasteiger partial charge in [0.2, 0.25) is 0 Å². The molecule has 27 heavy (non-hydrogen) atoms. The standard InChI is InChI=1S/C20H19ClN2O3S/c21-15-4-5-17-18(11-15)27-20(22-17)23-8-6-13(7-9-23)12-26-16-3-1-2-14(10-16)19(24)25/h1-5,10-11,13H,6-9,12H2,(H,24,25). The van der Waals surface area contributed by atoms with E-state index in [0.29, 0.717) is 18.3 Å². The van der Waals surface area contributed by atoms with Gasteiger partial charge in [-0.25, -0.2) is 9.78 Å². The number of carboxylic acid groups (broad SMARTS) is 1. The summed E-state index contributed by atoms with van der Waals surface area (Å²) in [5.74, 6) is 0.129. The lowest BCUT2D eigenvalue weighted by molar-refractivity contribution is 0.0696. The Balaban J connectivity index is 1.33. The van der Waals surface area contributed by atoms with Crippen LogP contribution in [0.25, 0.3) is 10.2 Å². The number of piperidine rings is 1. The molecule has 1 saturated heterocycles. The van der Waals surface area contributed by atoms with Crippen molar-refractivity contribution in [2.75, 3.05) is 24.6 Å². The highest BCUT2D eigenvalue weighted by Gasteiger charge is 2.22. The molecule has 140 valence electrons.